The third-order valence-electron chi connectivity index (χ3n) is 5.06. The zero-order valence-corrected chi connectivity index (χ0v) is 18.1. The number of halogens is 3. The Hall–Kier alpha value is -1.16. The maximum absolute atomic E-state index is 13.2. The molecule has 5 nitrogen and oxygen atoms in total. The van der Waals surface area contributed by atoms with Crippen LogP contribution in [0, 0.1) is 17.6 Å². The van der Waals surface area contributed by atoms with E-state index in [1.165, 1.54) is 45.0 Å². The van der Waals surface area contributed by atoms with Crippen LogP contribution < -0.4 is 10.1 Å². The van der Waals surface area contributed by atoms with E-state index < -0.39 is 11.6 Å². The molecule has 8 heteroatoms. The van der Waals surface area contributed by atoms with Gasteiger partial charge in [-0.1, -0.05) is 0 Å². The van der Waals surface area contributed by atoms with Gasteiger partial charge >= 0.3 is 0 Å². The number of hydrogen-bond acceptors (Lipinski definition) is 3. The molecule has 0 spiro atoms. The van der Waals surface area contributed by atoms with Gasteiger partial charge in [0.25, 0.3) is 0 Å². The molecule has 0 amide bonds. The Labute approximate surface area is 177 Å². The average Bonchev–Trinajstić information content (AvgIpc) is 3.31. The van der Waals surface area contributed by atoms with Crippen LogP contribution in [0.15, 0.2) is 23.2 Å². The third kappa shape index (κ3) is 6.44. The highest BCUT2D eigenvalue weighted by atomic mass is 127. The van der Waals surface area contributed by atoms with Crippen LogP contribution in [0.1, 0.15) is 19.3 Å². The van der Waals surface area contributed by atoms with Crippen molar-refractivity contribution in [3.8, 4) is 5.75 Å². The molecular formula is C19H29F2IN4O. The molecule has 0 saturated carbocycles. The maximum Gasteiger partial charge on any atom is 0.193 e. The maximum atomic E-state index is 13.2. The molecule has 2 heterocycles. The van der Waals surface area contributed by atoms with Crippen LogP contribution in [-0.2, 0) is 0 Å². The molecule has 1 atom stereocenters. The molecule has 2 aliphatic heterocycles. The van der Waals surface area contributed by atoms with E-state index in [1.807, 2.05) is 0 Å². The van der Waals surface area contributed by atoms with E-state index in [-0.39, 0.29) is 24.0 Å². The topological polar surface area (TPSA) is 40.1 Å². The Morgan fingerprint density at radius 3 is 2.70 bits per heavy atom. The second kappa shape index (κ2) is 11.0. The second-order valence-corrected chi connectivity index (χ2v) is 7.01. The fourth-order valence-corrected chi connectivity index (χ4v) is 3.74. The zero-order chi connectivity index (χ0) is 18.4. The summed E-state index contributed by atoms with van der Waals surface area (Å²) in [6, 6.07) is 3.56. The first kappa shape index (κ1) is 22.1. The van der Waals surface area contributed by atoms with Crippen molar-refractivity contribution >= 4 is 29.9 Å². The molecule has 3 rings (SSSR count). The van der Waals surface area contributed by atoms with Crippen LogP contribution in [-0.4, -0.2) is 68.7 Å². The van der Waals surface area contributed by atoms with Gasteiger partial charge < -0.3 is 19.9 Å². The first-order valence-electron chi connectivity index (χ1n) is 9.41. The normalized spacial score (nSPS) is 20.6. The van der Waals surface area contributed by atoms with Gasteiger partial charge in [-0.3, -0.25) is 4.99 Å². The quantitative estimate of drug-likeness (QED) is 0.286. The van der Waals surface area contributed by atoms with E-state index in [0.29, 0.717) is 24.8 Å². The number of rotatable bonds is 6. The molecule has 1 aromatic carbocycles. The molecule has 0 bridgehead atoms. The summed E-state index contributed by atoms with van der Waals surface area (Å²) in [7, 11) is 1.78. The Kier molecular flexibility index (Phi) is 9.01. The van der Waals surface area contributed by atoms with Gasteiger partial charge in [0.1, 0.15) is 12.4 Å². The summed E-state index contributed by atoms with van der Waals surface area (Å²) >= 11 is 0. The number of ether oxygens (including phenoxy) is 1. The summed E-state index contributed by atoms with van der Waals surface area (Å²) in [5, 5.41) is 3.29. The lowest BCUT2D eigenvalue weighted by Gasteiger charge is -2.23. The second-order valence-electron chi connectivity index (χ2n) is 7.01. The predicted molar refractivity (Wildman–Crippen MR) is 114 cm³/mol. The summed E-state index contributed by atoms with van der Waals surface area (Å²) in [5.41, 5.74) is 0. The molecule has 1 aromatic rings. The SMILES string of the molecule is CN=C(NCCOc1ccc(F)c(F)c1)N1CCC(CN2CCCC2)C1.I. The zero-order valence-electron chi connectivity index (χ0n) is 15.8. The first-order chi connectivity index (χ1) is 12.7. The lowest BCUT2D eigenvalue weighted by atomic mass is 10.1. The molecule has 2 aliphatic rings. The van der Waals surface area contributed by atoms with E-state index in [9.17, 15) is 8.78 Å². The van der Waals surface area contributed by atoms with Gasteiger partial charge in [0, 0.05) is 32.7 Å². The molecule has 0 radical (unpaired) electrons. The molecule has 0 aromatic heterocycles. The highest BCUT2D eigenvalue weighted by Crippen LogP contribution is 2.20. The molecule has 152 valence electrons. The van der Waals surface area contributed by atoms with Crippen LogP contribution in [0.3, 0.4) is 0 Å². The summed E-state index contributed by atoms with van der Waals surface area (Å²) in [6.45, 7) is 6.62. The van der Waals surface area contributed by atoms with Gasteiger partial charge in [0.2, 0.25) is 0 Å². The van der Waals surface area contributed by atoms with Crippen molar-refractivity contribution in [1.82, 2.24) is 15.1 Å². The highest BCUT2D eigenvalue weighted by molar-refractivity contribution is 14.0. The van der Waals surface area contributed by atoms with E-state index in [4.69, 9.17) is 4.74 Å². The van der Waals surface area contributed by atoms with Gasteiger partial charge in [0.15, 0.2) is 17.6 Å². The molecule has 1 N–H and O–H groups in total. The van der Waals surface area contributed by atoms with Gasteiger partial charge in [-0.25, -0.2) is 8.78 Å². The number of hydrogen-bond donors (Lipinski definition) is 1. The van der Waals surface area contributed by atoms with E-state index in [1.54, 1.807) is 7.05 Å². The van der Waals surface area contributed by atoms with Crippen molar-refractivity contribution in [3.63, 3.8) is 0 Å². The molecule has 2 fully saturated rings. The fraction of sp³-hybridized carbons (Fsp3) is 0.632. The summed E-state index contributed by atoms with van der Waals surface area (Å²) in [6.07, 6.45) is 3.86. The Morgan fingerprint density at radius 1 is 1.22 bits per heavy atom. The molecule has 0 aliphatic carbocycles. The number of guanidine groups is 1. The highest BCUT2D eigenvalue weighted by Gasteiger charge is 2.27. The van der Waals surface area contributed by atoms with Crippen molar-refractivity contribution < 1.29 is 13.5 Å². The van der Waals surface area contributed by atoms with E-state index >= 15 is 0 Å². The van der Waals surface area contributed by atoms with Crippen molar-refractivity contribution in [2.24, 2.45) is 10.9 Å². The van der Waals surface area contributed by atoms with Crippen molar-refractivity contribution in [1.29, 1.82) is 0 Å². The first-order valence-corrected chi connectivity index (χ1v) is 9.41. The molecule has 27 heavy (non-hydrogen) atoms. The number of likely N-dealkylation sites (tertiary alicyclic amines) is 2. The van der Waals surface area contributed by atoms with Crippen LogP contribution in [0.25, 0.3) is 0 Å². The minimum Gasteiger partial charge on any atom is -0.492 e. The van der Waals surface area contributed by atoms with Crippen molar-refractivity contribution in [2.45, 2.75) is 19.3 Å². The van der Waals surface area contributed by atoms with Gasteiger partial charge in [-0.15, -0.1) is 24.0 Å². The van der Waals surface area contributed by atoms with Crippen molar-refractivity contribution in [2.75, 3.05) is 52.9 Å². The Bertz CT molecular complexity index is 626. The van der Waals surface area contributed by atoms with E-state index in [2.05, 4.69) is 20.1 Å². The largest absolute Gasteiger partial charge is 0.492 e. The van der Waals surface area contributed by atoms with Crippen LogP contribution in [0.2, 0.25) is 0 Å². The van der Waals surface area contributed by atoms with Crippen LogP contribution in [0.4, 0.5) is 8.78 Å². The Balaban J connectivity index is 0.00000261. The molecular weight excluding hydrogens is 465 g/mol. The summed E-state index contributed by atoms with van der Waals surface area (Å²) in [4.78, 5) is 9.22. The van der Waals surface area contributed by atoms with Crippen molar-refractivity contribution in [3.05, 3.63) is 29.8 Å². The smallest absolute Gasteiger partial charge is 0.193 e. The third-order valence-corrected chi connectivity index (χ3v) is 5.06. The molecule has 1 unspecified atom stereocenters. The number of nitrogens with zero attached hydrogens (tertiary/aromatic N) is 3. The van der Waals surface area contributed by atoms with Gasteiger partial charge in [0.05, 0.1) is 6.54 Å². The lowest BCUT2D eigenvalue weighted by Crippen LogP contribution is -2.42. The van der Waals surface area contributed by atoms with Crippen LogP contribution >= 0.6 is 24.0 Å². The molecule has 2 saturated heterocycles. The minimum absolute atomic E-state index is 0. The monoisotopic (exact) mass is 494 g/mol. The summed E-state index contributed by atoms with van der Waals surface area (Å²) in [5.74, 6) is 0.140. The summed E-state index contributed by atoms with van der Waals surface area (Å²) < 4.78 is 31.5. The van der Waals surface area contributed by atoms with E-state index in [0.717, 1.165) is 31.2 Å². The van der Waals surface area contributed by atoms with Crippen LogP contribution in [0.5, 0.6) is 5.75 Å². The predicted octanol–water partition coefficient (Wildman–Crippen LogP) is 2.95. The average molecular weight is 494 g/mol. The van der Waals surface area contributed by atoms with Gasteiger partial charge in [-0.2, -0.15) is 0 Å². The minimum atomic E-state index is -0.896. The fourth-order valence-electron chi connectivity index (χ4n) is 3.74. The lowest BCUT2D eigenvalue weighted by molar-refractivity contribution is 0.280. The van der Waals surface area contributed by atoms with Gasteiger partial charge in [-0.05, 0) is 50.4 Å². The number of benzene rings is 1. The standard InChI is InChI=1S/C19H28F2N4O.HI/c1-22-19(23-7-11-26-16-4-5-17(20)18(21)12-16)25-10-6-15(14-25)13-24-8-2-3-9-24;/h4-5,12,15H,2-3,6-11,13-14H2,1H3,(H,22,23);1H. The number of aliphatic imine (C=N–C) groups is 1. The Morgan fingerprint density at radius 2 is 2.00 bits per heavy atom. The number of nitrogens with one attached hydrogen (secondary N) is 1.